The lowest BCUT2D eigenvalue weighted by molar-refractivity contribution is -0.134. The maximum absolute atomic E-state index is 13.3. The molecule has 3 atom stereocenters. The van der Waals surface area contributed by atoms with Gasteiger partial charge in [0.1, 0.15) is 18.0 Å². The van der Waals surface area contributed by atoms with E-state index in [0.717, 1.165) is 35.7 Å². The number of hydrogen-bond acceptors (Lipinski definition) is 5. The second kappa shape index (κ2) is 14.0. The van der Waals surface area contributed by atoms with Crippen molar-refractivity contribution in [3.8, 4) is 5.75 Å². The Labute approximate surface area is 221 Å². The van der Waals surface area contributed by atoms with Crippen LogP contribution < -0.4 is 10.1 Å². The van der Waals surface area contributed by atoms with E-state index in [1.54, 1.807) is 17.1 Å². The first-order valence-electron chi connectivity index (χ1n) is 12.6. The lowest BCUT2D eigenvalue weighted by atomic mass is 9.85. The van der Waals surface area contributed by atoms with Crippen molar-refractivity contribution in [2.75, 3.05) is 19.7 Å². The molecule has 3 rings (SSSR count). The van der Waals surface area contributed by atoms with Crippen molar-refractivity contribution in [3.63, 3.8) is 0 Å². The zero-order valence-corrected chi connectivity index (χ0v) is 22.5. The molecule has 3 N–H and O–H groups in total. The van der Waals surface area contributed by atoms with Crippen LogP contribution in [-0.2, 0) is 9.59 Å². The van der Waals surface area contributed by atoms with Crippen molar-refractivity contribution < 1.29 is 24.5 Å². The Morgan fingerprint density at radius 2 is 1.97 bits per heavy atom. The summed E-state index contributed by atoms with van der Waals surface area (Å²) < 4.78 is 7.08. The smallest absolute Gasteiger partial charge is 0.247 e. The monoisotopic (exact) mass is 596 g/mol. The normalized spacial score (nSPS) is 23.1. The fourth-order valence-corrected chi connectivity index (χ4v) is 5.33. The van der Waals surface area contributed by atoms with Crippen LogP contribution in [-0.4, -0.2) is 64.9 Å². The number of hydrogen-bond donors (Lipinski definition) is 3. The second-order valence-corrected chi connectivity index (χ2v) is 10.4. The van der Waals surface area contributed by atoms with Crippen molar-refractivity contribution in [2.24, 2.45) is 5.92 Å². The molecule has 0 bridgehead atoms. The topological polar surface area (TPSA) is 99.1 Å². The highest BCUT2D eigenvalue weighted by atomic mass is 127. The van der Waals surface area contributed by atoms with Gasteiger partial charge >= 0.3 is 0 Å². The number of benzene rings is 1. The summed E-state index contributed by atoms with van der Waals surface area (Å²) in [5, 5.41) is 23.3. The van der Waals surface area contributed by atoms with Crippen LogP contribution >= 0.6 is 22.6 Å². The number of rotatable bonds is 10. The molecule has 1 saturated carbocycles. The van der Waals surface area contributed by atoms with E-state index in [9.17, 15) is 14.7 Å². The molecule has 0 saturated heterocycles. The summed E-state index contributed by atoms with van der Waals surface area (Å²) in [6.07, 6.45) is 9.88. The van der Waals surface area contributed by atoms with E-state index in [2.05, 4.69) is 27.9 Å². The van der Waals surface area contributed by atoms with E-state index in [0.29, 0.717) is 23.8 Å². The molecule has 1 aromatic carbocycles. The minimum atomic E-state index is -0.997. The molecule has 1 fully saturated rings. The molecule has 0 unspecified atom stereocenters. The van der Waals surface area contributed by atoms with Gasteiger partial charge in [0.25, 0.3) is 0 Å². The van der Waals surface area contributed by atoms with Gasteiger partial charge in [0.15, 0.2) is 0 Å². The number of nitrogens with zero attached hydrogens (tertiary/aromatic N) is 1. The highest BCUT2D eigenvalue weighted by molar-refractivity contribution is 14.1. The van der Waals surface area contributed by atoms with Gasteiger partial charge in [0, 0.05) is 25.1 Å². The molecule has 8 heteroatoms. The van der Waals surface area contributed by atoms with E-state index < -0.39 is 18.2 Å². The lowest BCUT2D eigenvalue weighted by Crippen LogP contribution is -2.56. The zero-order chi connectivity index (χ0) is 25.2. The molecule has 2 amide bonds. The number of para-hydroxylation sites is 1. The van der Waals surface area contributed by atoms with E-state index in [1.165, 1.54) is 6.42 Å². The standard InChI is InChI=1S/C27H37IN2O5/c1-2-3-13-25(32)30(18-19-9-5-4-6-10-19)22-16-20(27(34)29-14-15-31)17-24(26(22)33)35-23-12-8-7-11-21(23)28/h3,7-8,11-13,17,19,22,24,26,31,33H,2,4-6,9-10,14-16,18H2,1H3,(H,29,34)/t22-,24+,26+/m1/s1. The molecule has 1 aromatic rings. The summed E-state index contributed by atoms with van der Waals surface area (Å²) in [6, 6.07) is 6.90. The third-order valence-corrected chi connectivity index (χ3v) is 7.56. The molecule has 7 nitrogen and oxygen atoms in total. The Morgan fingerprint density at radius 1 is 1.23 bits per heavy atom. The molecule has 2 aliphatic carbocycles. The predicted molar refractivity (Wildman–Crippen MR) is 144 cm³/mol. The number of amides is 2. The van der Waals surface area contributed by atoms with Crippen molar-refractivity contribution in [2.45, 2.75) is 70.1 Å². The zero-order valence-electron chi connectivity index (χ0n) is 20.4. The minimum absolute atomic E-state index is 0.134. The molecule has 192 valence electrons. The van der Waals surface area contributed by atoms with Crippen molar-refractivity contribution in [1.29, 1.82) is 0 Å². The maximum Gasteiger partial charge on any atom is 0.247 e. The SMILES string of the molecule is CCC=CC(=O)N(CC1CCCCC1)[C@@H]1CC(C(=O)NCCO)=C[C@H](Oc2ccccc2I)[C@H]1O. The van der Waals surface area contributed by atoms with Crippen LogP contribution in [0.2, 0.25) is 0 Å². The van der Waals surface area contributed by atoms with Crippen LogP contribution in [0.3, 0.4) is 0 Å². The second-order valence-electron chi connectivity index (χ2n) is 9.25. The summed E-state index contributed by atoms with van der Waals surface area (Å²) in [7, 11) is 0. The highest BCUT2D eigenvalue weighted by Gasteiger charge is 2.40. The average Bonchev–Trinajstić information content (AvgIpc) is 2.87. The number of ether oxygens (including phenoxy) is 1. The number of aliphatic hydroxyl groups excluding tert-OH is 2. The fourth-order valence-electron chi connectivity index (χ4n) is 4.82. The van der Waals surface area contributed by atoms with Crippen LogP contribution in [0.25, 0.3) is 0 Å². The third kappa shape index (κ3) is 7.79. The van der Waals surface area contributed by atoms with Gasteiger partial charge in [-0.25, -0.2) is 0 Å². The maximum atomic E-state index is 13.3. The van der Waals surface area contributed by atoms with E-state index in [-0.39, 0.29) is 31.4 Å². The fraction of sp³-hybridized carbons (Fsp3) is 0.556. The Hall–Kier alpha value is -1.91. The molecule has 0 aromatic heterocycles. The first kappa shape index (κ1) is 27.7. The van der Waals surface area contributed by atoms with Crippen molar-refractivity contribution in [1.82, 2.24) is 10.2 Å². The van der Waals surface area contributed by atoms with Gasteiger partial charge < -0.3 is 25.2 Å². The number of allylic oxidation sites excluding steroid dienone is 1. The number of nitrogens with one attached hydrogen (secondary N) is 1. The number of carbonyl (C=O) groups is 2. The average molecular weight is 597 g/mol. The molecular formula is C27H37IN2O5. The van der Waals surface area contributed by atoms with Gasteiger partial charge in [-0.3, -0.25) is 9.59 Å². The van der Waals surface area contributed by atoms with Gasteiger partial charge in [-0.2, -0.15) is 0 Å². The largest absolute Gasteiger partial charge is 0.482 e. The minimum Gasteiger partial charge on any atom is -0.482 e. The number of aliphatic hydroxyl groups is 2. The van der Waals surface area contributed by atoms with Crippen LogP contribution in [0.15, 0.2) is 48.1 Å². The molecule has 0 spiro atoms. The molecule has 0 heterocycles. The third-order valence-electron chi connectivity index (χ3n) is 6.67. The predicted octanol–water partition coefficient (Wildman–Crippen LogP) is 3.58. The van der Waals surface area contributed by atoms with Crippen molar-refractivity contribution in [3.05, 3.63) is 51.6 Å². The summed E-state index contributed by atoms with van der Waals surface area (Å²) in [4.78, 5) is 28.0. The van der Waals surface area contributed by atoms with Gasteiger partial charge in [-0.05, 0) is 72.1 Å². The van der Waals surface area contributed by atoms with Crippen LogP contribution in [0.5, 0.6) is 5.75 Å². The first-order chi connectivity index (χ1) is 16.9. The Bertz CT molecular complexity index is 913. The first-order valence-corrected chi connectivity index (χ1v) is 13.7. The molecule has 2 aliphatic rings. The quantitative estimate of drug-likeness (QED) is 0.284. The summed E-state index contributed by atoms with van der Waals surface area (Å²) in [5.41, 5.74) is 0.450. The molecule has 0 radical (unpaired) electrons. The Morgan fingerprint density at radius 3 is 2.66 bits per heavy atom. The Balaban J connectivity index is 1.92. The Kier molecular flexibility index (Phi) is 11.1. The highest BCUT2D eigenvalue weighted by Crippen LogP contribution is 2.32. The number of carbonyl (C=O) groups excluding carboxylic acids is 2. The number of halogens is 1. The van der Waals surface area contributed by atoms with Crippen LogP contribution in [0, 0.1) is 9.49 Å². The summed E-state index contributed by atoms with van der Waals surface area (Å²) >= 11 is 2.17. The summed E-state index contributed by atoms with van der Waals surface area (Å²) in [6.45, 7) is 2.49. The van der Waals surface area contributed by atoms with Crippen LogP contribution in [0.1, 0.15) is 51.9 Å². The van der Waals surface area contributed by atoms with Gasteiger partial charge in [-0.15, -0.1) is 0 Å². The molecule has 0 aliphatic heterocycles. The van der Waals surface area contributed by atoms with E-state index >= 15 is 0 Å². The lowest BCUT2D eigenvalue weighted by Gasteiger charge is -2.42. The molecule has 35 heavy (non-hydrogen) atoms. The van der Waals surface area contributed by atoms with Gasteiger partial charge in [-0.1, -0.05) is 44.4 Å². The van der Waals surface area contributed by atoms with E-state index in [4.69, 9.17) is 9.84 Å². The van der Waals surface area contributed by atoms with Gasteiger partial charge in [0.05, 0.1) is 16.2 Å². The van der Waals surface area contributed by atoms with Crippen LogP contribution in [0.4, 0.5) is 0 Å². The van der Waals surface area contributed by atoms with Gasteiger partial charge in [0.2, 0.25) is 11.8 Å². The van der Waals surface area contributed by atoms with Crippen molar-refractivity contribution >= 4 is 34.4 Å². The molecular weight excluding hydrogens is 559 g/mol. The summed E-state index contributed by atoms with van der Waals surface area (Å²) in [5.74, 6) is 0.523. The van der Waals surface area contributed by atoms with E-state index in [1.807, 2.05) is 37.3 Å².